The molecule has 0 aromatic rings. The molecular formula is C5H11N2O. The first kappa shape index (κ1) is 7.43. The summed E-state index contributed by atoms with van der Waals surface area (Å²) < 4.78 is 0. The molecule has 0 spiro atoms. The number of primary amides is 1. The van der Waals surface area contributed by atoms with Crippen molar-refractivity contribution in [2.24, 2.45) is 11.5 Å². The lowest BCUT2D eigenvalue weighted by Gasteiger charge is -2.00. The molecule has 0 heterocycles. The van der Waals surface area contributed by atoms with E-state index in [9.17, 15) is 4.79 Å². The number of hydrogen-bond donors (Lipinski definition) is 2. The average molecular weight is 115 g/mol. The Kier molecular flexibility index (Phi) is 3.19. The third-order valence-electron chi connectivity index (χ3n) is 0.836. The van der Waals surface area contributed by atoms with E-state index in [0.717, 1.165) is 6.42 Å². The third kappa shape index (κ3) is 2.58. The highest BCUT2D eigenvalue weighted by atomic mass is 16.1. The van der Waals surface area contributed by atoms with Crippen molar-refractivity contribution in [2.75, 3.05) is 0 Å². The monoisotopic (exact) mass is 115 g/mol. The second kappa shape index (κ2) is 3.43. The zero-order valence-electron chi connectivity index (χ0n) is 4.98. The highest BCUT2D eigenvalue weighted by Gasteiger charge is 2.06. The van der Waals surface area contributed by atoms with Gasteiger partial charge in [-0.2, -0.15) is 0 Å². The summed E-state index contributed by atoms with van der Waals surface area (Å²) in [4.78, 5) is 10.1. The van der Waals surface area contributed by atoms with Crippen molar-refractivity contribution in [3.63, 3.8) is 0 Å². The van der Waals surface area contributed by atoms with E-state index in [0.29, 0.717) is 6.42 Å². The van der Waals surface area contributed by atoms with Gasteiger partial charge >= 0.3 is 0 Å². The lowest BCUT2D eigenvalue weighted by molar-refractivity contribution is -0.116. The Morgan fingerprint density at radius 2 is 2.00 bits per heavy atom. The summed E-state index contributed by atoms with van der Waals surface area (Å²) in [5, 5.41) is 0. The molecule has 0 aromatic carbocycles. The van der Waals surface area contributed by atoms with Crippen LogP contribution in [-0.4, -0.2) is 5.91 Å². The molecule has 0 aromatic heterocycles. The van der Waals surface area contributed by atoms with Gasteiger partial charge in [-0.15, -0.1) is 0 Å². The number of rotatable bonds is 3. The molecule has 47 valence electrons. The molecule has 0 aliphatic rings. The summed E-state index contributed by atoms with van der Waals surface area (Å²) >= 11 is 0. The Morgan fingerprint density at radius 1 is 1.50 bits per heavy atom. The smallest absolute Gasteiger partial charge is 0.239 e. The summed E-state index contributed by atoms with van der Waals surface area (Å²) in [5.41, 5.74) is 9.99. The van der Waals surface area contributed by atoms with E-state index in [1.54, 1.807) is 0 Å². The highest BCUT2D eigenvalue weighted by molar-refractivity contribution is 5.87. The second-order valence-corrected chi connectivity index (χ2v) is 1.64. The molecule has 0 saturated heterocycles. The maximum absolute atomic E-state index is 10.1. The van der Waals surface area contributed by atoms with Gasteiger partial charge in [-0.05, 0) is 6.42 Å². The molecule has 1 amide bonds. The largest absolute Gasteiger partial charge is 0.368 e. The van der Waals surface area contributed by atoms with Crippen LogP contribution in [0.4, 0.5) is 0 Å². The van der Waals surface area contributed by atoms with Gasteiger partial charge in [0, 0.05) is 0 Å². The van der Waals surface area contributed by atoms with E-state index < -0.39 is 5.91 Å². The lowest BCUT2D eigenvalue weighted by Crippen LogP contribution is -2.27. The van der Waals surface area contributed by atoms with Gasteiger partial charge in [0.2, 0.25) is 5.91 Å². The van der Waals surface area contributed by atoms with E-state index in [-0.39, 0.29) is 6.04 Å². The molecule has 8 heavy (non-hydrogen) atoms. The van der Waals surface area contributed by atoms with E-state index in [1.807, 2.05) is 6.92 Å². The topological polar surface area (TPSA) is 69.1 Å². The van der Waals surface area contributed by atoms with E-state index >= 15 is 0 Å². The molecule has 0 fully saturated rings. The number of hydrogen-bond acceptors (Lipinski definition) is 2. The Balaban J connectivity index is 3.32. The van der Waals surface area contributed by atoms with Gasteiger partial charge < -0.3 is 11.5 Å². The van der Waals surface area contributed by atoms with Crippen LogP contribution in [0.25, 0.3) is 0 Å². The summed E-state index contributed by atoms with van der Waals surface area (Å²) in [7, 11) is 0. The summed E-state index contributed by atoms with van der Waals surface area (Å²) in [6.07, 6.45) is 1.48. The molecule has 4 N–H and O–H groups in total. The average Bonchev–Trinajstić information content (AvgIpc) is 1.67. The van der Waals surface area contributed by atoms with Gasteiger partial charge in [0.25, 0.3) is 0 Å². The maximum atomic E-state index is 10.1. The molecule has 1 radical (unpaired) electrons. The molecule has 0 bridgehead atoms. The van der Waals surface area contributed by atoms with Crippen LogP contribution in [0.1, 0.15) is 19.8 Å². The van der Waals surface area contributed by atoms with Crippen molar-refractivity contribution in [1.82, 2.24) is 0 Å². The predicted molar refractivity (Wildman–Crippen MR) is 31.5 cm³/mol. The molecule has 3 nitrogen and oxygen atoms in total. The van der Waals surface area contributed by atoms with Crippen LogP contribution in [0.5, 0.6) is 0 Å². The molecule has 3 heteroatoms. The summed E-state index contributed by atoms with van der Waals surface area (Å²) in [6.45, 7) is 1.94. The van der Waals surface area contributed by atoms with Crippen molar-refractivity contribution in [2.45, 2.75) is 19.8 Å². The summed E-state index contributed by atoms with van der Waals surface area (Å²) in [5.74, 6) is -0.494. The minimum Gasteiger partial charge on any atom is -0.368 e. The molecule has 0 rings (SSSR count). The normalized spacial score (nSPS) is 9.88. The van der Waals surface area contributed by atoms with Crippen LogP contribution in [0.3, 0.4) is 0 Å². The van der Waals surface area contributed by atoms with Crippen molar-refractivity contribution in [3.8, 4) is 0 Å². The molecule has 0 atom stereocenters. The first-order chi connectivity index (χ1) is 3.68. The van der Waals surface area contributed by atoms with Crippen LogP contribution >= 0.6 is 0 Å². The van der Waals surface area contributed by atoms with Gasteiger partial charge in [0.15, 0.2) is 0 Å². The zero-order chi connectivity index (χ0) is 6.57. The van der Waals surface area contributed by atoms with Crippen LogP contribution in [0.2, 0.25) is 0 Å². The molecular weight excluding hydrogens is 104 g/mol. The highest BCUT2D eigenvalue weighted by Crippen LogP contribution is 1.97. The van der Waals surface area contributed by atoms with Gasteiger partial charge in [0.1, 0.15) is 6.04 Å². The van der Waals surface area contributed by atoms with E-state index in [1.165, 1.54) is 0 Å². The fourth-order valence-electron chi connectivity index (χ4n) is 0.393. The second-order valence-electron chi connectivity index (χ2n) is 1.64. The first-order valence-corrected chi connectivity index (χ1v) is 2.59. The van der Waals surface area contributed by atoms with Crippen LogP contribution < -0.4 is 11.5 Å². The minimum atomic E-state index is -0.494. The number of nitrogens with two attached hydrogens (primary N) is 2. The number of amides is 1. The Morgan fingerprint density at radius 3 is 2.12 bits per heavy atom. The minimum absolute atomic E-state index is 0.271. The van der Waals surface area contributed by atoms with Gasteiger partial charge in [-0.1, -0.05) is 13.3 Å². The SMILES string of the molecule is CCC[C](N)C(N)=O. The van der Waals surface area contributed by atoms with Crippen molar-refractivity contribution in [3.05, 3.63) is 6.04 Å². The fourth-order valence-corrected chi connectivity index (χ4v) is 0.393. The van der Waals surface area contributed by atoms with Crippen LogP contribution in [0, 0.1) is 6.04 Å². The molecule has 0 aliphatic heterocycles. The van der Waals surface area contributed by atoms with Gasteiger partial charge in [0.05, 0.1) is 0 Å². The fraction of sp³-hybridized carbons (Fsp3) is 0.600. The van der Waals surface area contributed by atoms with Crippen LogP contribution in [-0.2, 0) is 4.79 Å². The zero-order valence-corrected chi connectivity index (χ0v) is 4.98. The Bertz CT molecular complexity index is 82.5. The molecule has 0 unspecified atom stereocenters. The molecule has 0 aliphatic carbocycles. The van der Waals surface area contributed by atoms with Crippen molar-refractivity contribution < 1.29 is 4.79 Å². The maximum Gasteiger partial charge on any atom is 0.239 e. The quantitative estimate of drug-likeness (QED) is 0.533. The van der Waals surface area contributed by atoms with Crippen molar-refractivity contribution in [1.29, 1.82) is 0 Å². The Labute approximate surface area is 49.0 Å². The molecule has 0 saturated carbocycles. The number of carbonyl (C=O) groups is 1. The lowest BCUT2D eigenvalue weighted by atomic mass is 10.2. The number of carbonyl (C=O) groups excluding carboxylic acids is 1. The standard InChI is InChI=1S/C5H11N2O/c1-2-3-4(6)5(7)8/h2-3,6H2,1H3,(H2,7,8). The Hall–Kier alpha value is -0.570. The third-order valence-corrected chi connectivity index (χ3v) is 0.836. The summed E-state index contributed by atoms with van der Waals surface area (Å²) in [6, 6.07) is 0.271. The van der Waals surface area contributed by atoms with Crippen LogP contribution in [0.15, 0.2) is 0 Å². The van der Waals surface area contributed by atoms with E-state index in [4.69, 9.17) is 11.5 Å². The van der Waals surface area contributed by atoms with Gasteiger partial charge in [-0.25, -0.2) is 0 Å². The van der Waals surface area contributed by atoms with E-state index in [2.05, 4.69) is 0 Å². The first-order valence-electron chi connectivity index (χ1n) is 2.59. The van der Waals surface area contributed by atoms with Gasteiger partial charge in [-0.3, -0.25) is 4.79 Å². The predicted octanol–water partition coefficient (Wildman–Crippen LogP) is -0.238. The van der Waals surface area contributed by atoms with Crippen molar-refractivity contribution >= 4 is 5.91 Å².